The topological polar surface area (TPSA) is 34.1 Å². The second-order valence-electron chi connectivity index (χ2n) is 3.53. The molecule has 1 aromatic rings. The molecule has 0 aliphatic carbocycles. The molecule has 2 nitrogen and oxygen atoms in total. The van der Waals surface area contributed by atoms with Crippen LogP contribution in [0.15, 0.2) is 44.2 Å². The molecule has 1 rings (SSSR count). The molecular formula is C12H15IO2S. The number of halogens is 1. The fraction of sp³-hybridized carbons (Fsp3) is 0.333. The molecule has 0 bridgehead atoms. The minimum Gasteiger partial charge on any atom is -0.219 e. The molecule has 0 amide bonds. The van der Waals surface area contributed by atoms with Crippen LogP contribution >= 0.6 is 22.6 Å². The zero-order chi connectivity index (χ0) is 12.0. The SMILES string of the molecule is CCCC/C(I)=C\S(=O)(=O)c1ccccc1. The van der Waals surface area contributed by atoms with E-state index in [4.69, 9.17) is 0 Å². The van der Waals surface area contributed by atoms with E-state index in [2.05, 4.69) is 29.5 Å². The van der Waals surface area contributed by atoms with E-state index < -0.39 is 9.84 Å². The van der Waals surface area contributed by atoms with Gasteiger partial charge in [0.05, 0.1) is 4.90 Å². The van der Waals surface area contributed by atoms with Crippen molar-refractivity contribution in [2.45, 2.75) is 31.1 Å². The molecule has 0 spiro atoms. The second kappa shape index (κ2) is 6.39. The summed E-state index contributed by atoms with van der Waals surface area (Å²) in [5, 5.41) is 1.37. The van der Waals surface area contributed by atoms with Crippen molar-refractivity contribution in [3.05, 3.63) is 39.3 Å². The van der Waals surface area contributed by atoms with Gasteiger partial charge in [-0.1, -0.05) is 31.5 Å². The summed E-state index contributed by atoms with van der Waals surface area (Å²) in [5.41, 5.74) is 0. The van der Waals surface area contributed by atoms with E-state index in [-0.39, 0.29) is 0 Å². The average molecular weight is 350 g/mol. The van der Waals surface area contributed by atoms with Gasteiger partial charge in [0, 0.05) is 8.99 Å². The van der Waals surface area contributed by atoms with Crippen LogP contribution in [-0.4, -0.2) is 8.42 Å². The first kappa shape index (κ1) is 13.7. The summed E-state index contributed by atoms with van der Waals surface area (Å²) in [7, 11) is -3.26. The molecule has 0 saturated carbocycles. The van der Waals surface area contributed by atoms with Gasteiger partial charge in [0.1, 0.15) is 0 Å². The third-order valence-corrected chi connectivity index (χ3v) is 4.92. The molecule has 0 heterocycles. The molecule has 1 aromatic carbocycles. The maximum atomic E-state index is 11.9. The molecule has 16 heavy (non-hydrogen) atoms. The summed E-state index contributed by atoms with van der Waals surface area (Å²) in [6.45, 7) is 2.09. The fourth-order valence-electron chi connectivity index (χ4n) is 1.25. The third-order valence-electron chi connectivity index (χ3n) is 2.12. The first-order chi connectivity index (χ1) is 7.56. The average Bonchev–Trinajstić information content (AvgIpc) is 2.27. The van der Waals surface area contributed by atoms with Crippen molar-refractivity contribution < 1.29 is 8.42 Å². The quantitative estimate of drug-likeness (QED) is 0.754. The van der Waals surface area contributed by atoms with Gasteiger partial charge < -0.3 is 0 Å². The highest BCUT2D eigenvalue weighted by Crippen LogP contribution is 2.20. The van der Waals surface area contributed by atoms with Crippen LogP contribution in [0.5, 0.6) is 0 Å². The number of hydrogen-bond acceptors (Lipinski definition) is 2. The van der Waals surface area contributed by atoms with Crippen molar-refractivity contribution in [3.63, 3.8) is 0 Å². The summed E-state index contributed by atoms with van der Waals surface area (Å²) in [5.74, 6) is 0. The number of unbranched alkanes of at least 4 members (excludes halogenated alkanes) is 1. The van der Waals surface area contributed by atoms with E-state index in [0.717, 1.165) is 22.8 Å². The minimum absolute atomic E-state index is 0.362. The third kappa shape index (κ3) is 4.25. The van der Waals surface area contributed by atoms with Gasteiger partial charge in [0.2, 0.25) is 9.84 Å². The van der Waals surface area contributed by atoms with Crippen molar-refractivity contribution in [1.29, 1.82) is 0 Å². The van der Waals surface area contributed by atoms with Gasteiger partial charge in [-0.2, -0.15) is 0 Å². The van der Waals surface area contributed by atoms with Crippen LogP contribution in [-0.2, 0) is 9.84 Å². The van der Waals surface area contributed by atoms with Crippen molar-refractivity contribution >= 4 is 32.4 Å². The number of rotatable bonds is 5. The lowest BCUT2D eigenvalue weighted by Crippen LogP contribution is -1.96. The predicted octanol–water partition coefficient (Wildman–Crippen LogP) is 3.93. The van der Waals surface area contributed by atoms with Crippen LogP contribution in [0, 0.1) is 0 Å². The largest absolute Gasteiger partial charge is 0.219 e. The summed E-state index contributed by atoms with van der Waals surface area (Å²) < 4.78 is 24.7. The zero-order valence-corrected chi connectivity index (χ0v) is 12.2. The Hall–Kier alpha value is -0.360. The second-order valence-corrected chi connectivity index (χ2v) is 6.71. The summed E-state index contributed by atoms with van der Waals surface area (Å²) in [6, 6.07) is 8.52. The Morgan fingerprint density at radius 3 is 2.50 bits per heavy atom. The van der Waals surface area contributed by atoms with Crippen molar-refractivity contribution in [2.75, 3.05) is 0 Å². The Kier molecular flexibility index (Phi) is 5.48. The van der Waals surface area contributed by atoms with E-state index in [0.29, 0.717) is 4.90 Å². The van der Waals surface area contributed by atoms with Gasteiger partial charge in [-0.05, 0) is 47.6 Å². The van der Waals surface area contributed by atoms with Gasteiger partial charge in [0.15, 0.2) is 0 Å². The van der Waals surface area contributed by atoms with E-state index in [1.165, 1.54) is 5.41 Å². The van der Waals surface area contributed by atoms with Crippen LogP contribution in [0.2, 0.25) is 0 Å². The predicted molar refractivity (Wildman–Crippen MR) is 75.3 cm³/mol. The molecule has 4 heteroatoms. The monoisotopic (exact) mass is 350 g/mol. The van der Waals surface area contributed by atoms with E-state index in [1.54, 1.807) is 24.3 Å². The molecule has 0 radical (unpaired) electrons. The Bertz CT molecular complexity index is 449. The first-order valence-electron chi connectivity index (χ1n) is 5.22. The summed E-state index contributed by atoms with van der Waals surface area (Å²) >= 11 is 2.10. The first-order valence-corrected chi connectivity index (χ1v) is 7.85. The van der Waals surface area contributed by atoms with E-state index in [9.17, 15) is 8.42 Å². The number of hydrogen-bond donors (Lipinski definition) is 0. The maximum Gasteiger partial charge on any atom is 0.200 e. The lowest BCUT2D eigenvalue weighted by molar-refractivity contribution is 0.604. The smallest absolute Gasteiger partial charge is 0.200 e. The molecule has 0 aromatic heterocycles. The van der Waals surface area contributed by atoms with Crippen LogP contribution < -0.4 is 0 Å². The zero-order valence-electron chi connectivity index (χ0n) is 9.19. The summed E-state index contributed by atoms with van der Waals surface area (Å²) in [6.07, 6.45) is 2.94. The summed E-state index contributed by atoms with van der Waals surface area (Å²) in [4.78, 5) is 0.362. The van der Waals surface area contributed by atoms with Gasteiger partial charge in [-0.3, -0.25) is 0 Å². The lowest BCUT2D eigenvalue weighted by Gasteiger charge is -2.00. The molecule has 0 unspecified atom stereocenters. The standard InChI is InChI=1S/C12H15IO2S/c1-2-3-7-11(13)10-16(14,15)12-8-5-4-6-9-12/h4-6,8-10H,2-3,7H2,1H3/b11-10+. The highest BCUT2D eigenvalue weighted by Gasteiger charge is 2.10. The van der Waals surface area contributed by atoms with Crippen molar-refractivity contribution in [1.82, 2.24) is 0 Å². The van der Waals surface area contributed by atoms with Crippen molar-refractivity contribution in [2.24, 2.45) is 0 Å². The van der Waals surface area contributed by atoms with Crippen LogP contribution in [0.25, 0.3) is 0 Å². The van der Waals surface area contributed by atoms with Crippen molar-refractivity contribution in [3.8, 4) is 0 Å². The number of allylic oxidation sites excluding steroid dienone is 1. The molecular weight excluding hydrogens is 335 g/mol. The van der Waals surface area contributed by atoms with Crippen LogP contribution in [0.3, 0.4) is 0 Å². The van der Waals surface area contributed by atoms with E-state index >= 15 is 0 Å². The molecule has 0 saturated heterocycles. The Morgan fingerprint density at radius 2 is 1.94 bits per heavy atom. The Morgan fingerprint density at radius 1 is 1.31 bits per heavy atom. The molecule has 88 valence electrons. The maximum absolute atomic E-state index is 11.9. The minimum atomic E-state index is -3.26. The van der Waals surface area contributed by atoms with Gasteiger partial charge in [0.25, 0.3) is 0 Å². The Labute approximate surface area is 111 Å². The molecule has 0 atom stereocenters. The number of sulfone groups is 1. The van der Waals surface area contributed by atoms with Crippen LogP contribution in [0.4, 0.5) is 0 Å². The molecule has 0 N–H and O–H groups in total. The normalized spacial score (nSPS) is 12.8. The van der Waals surface area contributed by atoms with Gasteiger partial charge in [-0.15, -0.1) is 0 Å². The molecule has 0 aliphatic rings. The van der Waals surface area contributed by atoms with Crippen LogP contribution in [0.1, 0.15) is 26.2 Å². The highest BCUT2D eigenvalue weighted by molar-refractivity contribution is 14.1. The van der Waals surface area contributed by atoms with Gasteiger partial charge >= 0.3 is 0 Å². The fourth-order valence-corrected chi connectivity index (χ4v) is 3.76. The molecule has 0 fully saturated rings. The Balaban J connectivity index is 2.88. The van der Waals surface area contributed by atoms with E-state index in [1.807, 2.05) is 6.07 Å². The molecule has 0 aliphatic heterocycles. The van der Waals surface area contributed by atoms with Gasteiger partial charge in [-0.25, -0.2) is 8.42 Å². The number of benzene rings is 1. The highest BCUT2D eigenvalue weighted by atomic mass is 127. The lowest BCUT2D eigenvalue weighted by atomic mass is 10.2.